The Morgan fingerprint density at radius 3 is 2.90 bits per heavy atom. The van der Waals surface area contributed by atoms with Crippen molar-refractivity contribution in [3.05, 3.63) is 62.8 Å². The van der Waals surface area contributed by atoms with E-state index >= 15 is 0 Å². The molecular weight excluding hydrogens is 398 g/mol. The molecule has 1 aliphatic rings. The fraction of sp³-hybridized carbons (Fsp3) is 0.300. The normalized spacial score (nSPS) is 15.2. The summed E-state index contributed by atoms with van der Waals surface area (Å²) in [4.78, 5) is 36.5. The van der Waals surface area contributed by atoms with Crippen LogP contribution in [0, 0.1) is 6.92 Å². The molecule has 3 N–H and O–H groups in total. The quantitative estimate of drug-likeness (QED) is 0.407. The number of aromatic nitrogens is 7. The van der Waals surface area contributed by atoms with Crippen LogP contribution in [0.1, 0.15) is 29.8 Å². The summed E-state index contributed by atoms with van der Waals surface area (Å²) >= 11 is 0. The van der Waals surface area contributed by atoms with Crippen LogP contribution in [-0.4, -0.2) is 52.7 Å². The third kappa shape index (κ3) is 3.89. The van der Waals surface area contributed by atoms with Gasteiger partial charge in [-0.2, -0.15) is 19.6 Å². The lowest BCUT2D eigenvalue weighted by atomic mass is 10.2. The van der Waals surface area contributed by atoms with E-state index in [1.165, 1.54) is 0 Å². The number of hydrogen-bond donors (Lipinski definition) is 3. The number of rotatable bonds is 5. The van der Waals surface area contributed by atoms with Gasteiger partial charge < -0.3 is 15.0 Å². The Balaban J connectivity index is 1.63. The third-order valence-electron chi connectivity index (χ3n) is 4.97. The highest BCUT2D eigenvalue weighted by molar-refractivity contribution is 5.57. The lowest BCUT2D eigenvalue weighted by molar-refractivity contribution is 0.454. The molecule has 158 valence electrons. The largest absolute Gasteiger partial charge is 0.493 e. The van der Waals surface area contributed by atoms with E-state index in [9.17, 15) is 9.90 Å². The van der Waals surface area contributed by atoms with E-state index in [0.29, 0.717) is 29.0 Å². The average Bonchev–Trinajstić information content (AvgIpc) is 3.36. The molecular formula is C20H21N9O2. The van der Waals surface area contributed by atoms with Crippen molar-refractivity contribution < 1.29 is 5.11 Å². The van der Waals surface area contributed by atoms with E-state index in [2.05, 4.69) is 25.0 Å². The molecule has 0 amide bonds. The first-order valence-corrected chi connectivity index (χ1v) is 9.91. The Labute approximate surface area is 175 Å². The lowest BCUT2D eigenvalue weighted by Gasteiger charge is -2.17. The minimum absolute atomic E-state index is 0.244. The van der Waals surface area contributed by atoms with Crippen LogP contribution < -0.4 is 21.4 Å². The Bertz CT molecular complexity index is 1450. The molecule has 0 unspecified atom stereocenters. The van der Waals surface area contributed by atoms with Crippen LogP contribution in [0.15, 0.2) is 34.3 Å². The Morgan fingerprint density at radius 1 is 1.35 bits per heavy atom. The second kappa shape index (κ2) is 7.35. The third-order valence-corrected chi connectivity index (χ3v) is 4.97. The van der Waals surface area contributed by atoms with Gasteiger partial charge in [0.1, 0.15) is 5.69 Å². The highest BCUT2D eigenvalue weighted by atomic mass is 16.3. The number of anilines is 1. The van der Waals surface area contributed by atoms with Gasteiger partial charge in [-0.3, -0.25) is 9.97 Å². The number of aromatic hydroxyl groups is 1. The van der Waals surface area contributed by atoms with Gasteiger partial charge in [-0.25, -0.2) is 9.79 Å². The molecule has 0 aromatic carbocycles. The number of fused-ring (bicyclic) bond motifs is 1. The number of aryl methyl sites for hydroxylation is 1. The predicted molar refractivity (Wildman–Crippen MR) is 112 cm³/mol. The van der Waals surface area contributed by atoms with E-state index in [4.69, 9.17) is 9.98 Å². The van der Waals surface area contributed by atoms with Crippen LogP contribution in [0.5, 0.6) is 5.88 Å². The molecule has 1 aliphatic carbocycles. The summed E-state index contributed by atoms with van der Waals surface area (Å²) in [6.45, 7) is 2.55. The topological polar surface area (TPSA) is 140 Å². The minimum atomic E-state index is -0.493. The molecule has 0 spiro atoms. The van der Waals surface area contributed by atoms with Crippen molar-refractivity contribution in [2.45, 2.75) is 32.4 Å². The van der Waals surface area contributed by atoms with Crippen LogP contribution in [0.2, 0.25) is 0 Å². The molecule has 11 heteroatoms. The summed E-state index contributed by atoms with van der Waals surface area (Å²) in [5.41, 5.74) is 2.80. The number of pyridine rings is 1. The van der Waals surface area contributed by atoms with Gasteiger partial charge in [-0.05, 0) is 43.5 Å². The number of imidazole rings is 1. The first-order valence-electron chi connectivity index (χ1n) is 9.91. The zero-order valence-corrected chi connectivity index (χ0v) is 17.1. The van der Waals surface area contributed by atoms with Crippen molar-refractivity contribution >= 4 is 17.7 Å². The molecule has 0 radical (unpaired) electrons. The van der Waals surface area contributed by atoms with Gasteiger partial charge in [0.15, 0.2) is 5.65 Å². The standard InChI is InChI=1S/C20H21N9O2/c1-11-7-12(5-6-21-11)10-28(2)18-25-16-13(8-15-17(30)26-20(31)24-15)9-22-29(16)19(27-18)23-14-3-4-14/h5-9,14,30H,3-4,10H2,1-2H3,(H2,24,26,31). The van der Waals surface area contributed by atoms with Gasteiger partial charge in [0.25, 0.3) is 5.62 Å². The molecule has 5 rings (SSSR count). The lowest BCUT2D eigenvalue weighted by Crippen LogP contribution is -2.28. The van der Waals surface area contributed by atoms with Gasteiger partial charge in [-0.15, -0.1) is 0 Å². The van der Waals surface area contributed by atoms with Crippen LogP contribution in [0.3, 0.4) is 0 Å². The highest BCUT2D eigenvalue weighted by Gasteiger charge is 2.21. The summed E-state index contributed by atoms with van der Waals surface area (Å²) in [6.07, 6.45) is 7.07. The van der Waals surface area contributed by atoms with Crippen molar-refractivity contribution in [2.75, 3.05) is 11.9 Å². The van der Waals surface area contributed by atoms with Crippen molar-refractivity contribution in [2.24, 2.45) is 4.99 Å². The molecule has 0 saturated heterocycles. The van der Waals surface area contributed by atoms with Crippen molar-refractivity contribution in [1.82, 2.24) is 34.5 Å². The maximum absolute atomic E-state index is 11.5. The zero-order valence-electron chi connectivity index (χ0n) is 17.1. The van der Waals surface area contributed by atoms with E-state index in [1.807, 2.05) is 31.0 Å². The number of nitrogens with zero attached hydrogens (tertiary/aromatic N) is 7. The first-order chi connectivity index (χ1) is 15.0. The van der Waals surface area contributed by atoms with Gasteiger partial charge in [-0.1, -0.05) is 0 Å². The molecule has 1 fully saturated rings. The summed E-state index contributed by atoms with van der Waals surface area (Å²) in [6, 6.07) is 4.23. The smallest absolute Gasteiger partial charge is 0.326 e. The van der Waals surface area contributed by atoms with Crippen LogP contribution in [0.25, 0.3) is 11.7 Å². The maximum Gasteiger partial charge on any atom is 0.326 e. The second-order valence-corrected chi connectivity index (χ2v) is 7.67. The molecule has 31 heavy (non-hydrogen) atoms. The maximum atomic E-state index is 11.5. The zero-order chi connectivity index (χ0) is 21.5. The van der Waals surface area contributed by atoms with Crippen molar-refractivity contribution in [1.29, 1.82) is 0 Å². The van der Waals surface area contributed by atoms with Gasteiger partial charge in [0.05, 0.1) is 12.2 Å². The van der Waals surface area contributed by atoms with Crippen molar-refractivity contribution in [3.8, 4) is 5.88 Å². The summed E-state index contributed by atoms with van der Waals surface area (Å²) in [7, 11) is 1.91. The Kier molecular flexibility index (Phi) is 4.50. The minimum Gasteiger partial charge on any atom is -0.493 e. The van der Waals surface area contributed by atoms with E-state index < -0.39 is 5.69 Å². The summed E-state index contributed by atoms with van der Waals surface area (Å²) in [5.74, 6) is 0.259. The van der Waals surface area contributed by atoms with Gasteiger partial charge in [0, 0.05) is 30.7 Å². The Hall–Kier alpha value is -4.02. The van der Waals surface area contributed by atoms with Gasteiger partial charge >= 0.3 is 5.69 Å². The van der Waals surface area contributed by atoms with Crippen molar-refractivity contribution in [3.63, 3.8) is 0 Å². The monoisotopic (exact) mass is 419 g/mol. The molecule has 0 atom stereocenters. The Morgan fingerprint density at radius 2 is 2.19 bits per heavy atom. The summed E-state index contributed by atoms with van der Waals surface area (Å²) < 4.78 is 1.58. The predicted octanol–water partition coefficient (Wildman–Crippen LogP) is -0.203. The van der Waals surface area contributed by atoms with E-state index in [1.54, 1.807) is 23.0 Å². The molecule has 4 aromatic rings. The highest BCUT2D eigenvalue weighted by Crippen LogP contribution is 2.22. The SMILES string of the molecule is Cc1cc(CN(C)c2nc(=NC3CC3)n3ncc(=Cc4[nH]c(=O)[nH]c4O)c3n2)ccn1. The number of nitrogens with one attached hydrogen (secondary N) is 2. The average molecular weight is 419 g/mol. The molecule has 11 nitrogen and oxygen atoms in total. The van der Waals surface area contributed by atoms with Crippen LogP contribution in [0.4, 0.5) is 5.95 Å². The second-order valence-electron chi connectivity index (χ2n) is 7.67. The van der Waals surface area contributed by atoms with E-state index in [-0.39, 0.29) is 17.6 Å². The van der Waals surface area contributed by atoms with E-state index in [0.717, 1.165) is 24.1 Å². The number of hydrogen-bond acceptors (Lipinski definition) is 8. The molecule has 0 aliphatic heterocycles. The number of aromatic amines is 2. The number of H-pyrrole nitrogens is 2. The first kappa shape index (κ1) is 19.0. The van der Waals surface area contributed by atoms with Crippen LogP contribution >= 0.6 is 0 Å². The molecule has 4 heterocycles. The fourth-order valence-corrected chi connectivity index (χ4v) is 3.29. The fourth-order valence-electron chi connectivity index (χ4n) is 3.29. The molecule has 0 bridgehead atoms. The van der Waals surface area contributed by atoms with Crippen LogP contribution in [-0.2, 0) is 6.54 Å². The van der Waals surface area contributed by atoms with Gasteiger partial charge in [0.2, 0.25) is 11.8 Å². The molecule has 1 saturated carbocycles. The summed E-state index contributed by atoms with van der Waals surface area (Å²) in [5, 5.41) is 14.9. The molecule has 4 aromatic heterocycles.